The van der Waals surface area contributed by atoms with E-state index in [-0.39, 0.29) is 51.6 Å². The number of alkyl halides is 2. The lowest BCUT2D eigenvalue weighted by Gasteiger charge is -2.40. The van der Waals surface area contributed by atoms with Crippen molar-refractivity contribution in [3.05, 3.63) is 70.4 Å². The molecule has 2 aromatic rings. The van der Waals surface area contributed by atoms with Gasteiger partial charge >= 0.3 is 12.1 Å². The van der Waals surface area contributed by atoms with E-state index in [9.17, 15) is 42.0 Å². The van der Waals surface area contributed by atoms with Gasteiger partial charge in [0.05, 0.1) is 28.0 Å². The number of carboxylic acid groups (broad SMARTS) is 1. The van der Waals surface area contributed by atoms with Crippen molar-refractivity contribution in [3.8, 4) is 6.07 Å². The SMILES string of the molecule is CCS(=O)(=O)c1cc(C#N)ccc1C1C2=C(CCC2=O)N(c2cccc(C(F)F)c2)C(=O)N1C(=O)O. The Kier molecular flexibility index (Phi) is 6.36. The average Bonchev–Trinajstić information content (AvgIpc) is 3.23. The smallest absolute Gasteiger partial charge is 0.416 e. The number of halogens is 2. The van der Waals surface area contributed by atoms with Gasteiger partial charge in [0.15, 0.2) is 15.6 Å². The highest BCUT2D eigenvalue weighted by Gasteiger charge is 2.49. The van der Waals surface area contributed by atoms with Crippen molar-refractivity contribution >= 4 is 33.4 Å². The summed E-state index contributed by atoms with van der Waals surface area (Å²) in [4.78, 5) is 39.8. The average molecular weight is 515 g/mol. The largest absolute Gasteiger partial charge is 0.465 e. The van der Waals surface area contributed by atoms with Gasteiger partial charge in [-0.25, -0.2) is 31.7 Å². The Bertz CT molecular complexity index is 1480. The molecule has 186 valence electrons. The molecule has 0 radical (unpaired) electrons. The second kappa shape index (κ2) is 9.16. The Morgan fingerprint density at radius 3 is 2.53 bits per heavy atom. The quantitative estimate of drug-likeness (QED) is 0.616. The van der Waals surface area contributed by atoms with Gasteiger partial charge in [0, 0.05) is 23.3 Å². The lowest BCUT2D eigenvalue weighted by Crippen LogP contribution is -2.52. The second-order valence-corrected chi connectivity index (χ2v) is 10.4. The lowest BCUT2D eigenvalue weighted by atomic mass is 9.92. The van der Waals surface area contributed by atoms with E-state index < -0.39 is 45.8 Å². The fraction of sp³-hybridized carbons (Fsp3) is 0.250. The predicted molar refractivity (Wildman–Crippen MR) is 122 cm³/mol. The number of carbonyl (C=O) groups excluding carboxylic acids is 2. The van der Waals surface area contributed by atoms with Crippen molar-refractivity contribution < 1.29 is 36.7 Å². The lowest BCUT2D eigenvalue weighted by molar-refractivity contribution is -0.115. The number of nitriles is 1. The molecule has 0 aromatic heterocycles. The molecule has 9 nitrogen and oxygen atoms in total. The Hall–Kier alpha value is -4.11. The summed E-state index contributed by atoms with van der Waals surface area (Å²) in [7, 11) is -4.02. The van der Waals surface area contributed by atoms with Crippen LogP contribution in [0.5, 0.6) is 0 Å². The number of sulfone groups is 1. The molecule has 1 atom stereocenters. The maximum atomic E-state index is 13.6. The van der Waals surface area contributed by atoms with Gasteiger partial charge < -0.3 is 5.11 Å². The van der Waals surface area contributed by atoms with E-state index >= 15 is 0 Å². The van der Waals surface area contributed by atoms with E-state index in [0.717, 1.165) is 23.1 Å². The zero-order valence-corrected chi connectivity index (χ0v) is 19.6. The number of amides is 3. The fourth-order valence-corrected chi connectivity index (χ4v) is 5.63. The number of hydrogen-bond donors (Lipinski definition) is 1. The molecule has 36 heavy (non-hydrogen) atoms. The topological polar surface area (TPSA) is 136 Å². The van der Waals surface area contributed by atoms with Gasteiger partial charge in [-0.15, -0.1) is 0 Å². The number of anilines is 1. The summed E-state index contributed by atoms with van der Waals surface area (Å²) < 4.78 is 52.5. The third-order valence-corrected chi connectivity index (χ3v) is 7.92. The summed E-state index contributed by atoms with van der Waals surface area (Å²) in [5.41, 5.74) is -0.604. The number of rotatable bonds is 5. The van der Waals surface area contributed by atoms with Gasteiger partial charge in [-0.2, -0.15) is 5.26 Å². The van der Waals surface area contributed by atoms with E-state index in [2.05, 4.69) is 0 Å². The van der Waals surface area contributed by atoms with Crippen LogP contribution in [0.2, 0.25) is 0 Å². The first-order valence-corrected chi connectivity index (χ1v) is 12.4. The van der Waals surface area contributed by atoms with Crippen LogP contribution in [0.3, 0.4) is 0 Å². The van der Waals surface area contributed by atoms with Gasteiger partial charge in [0.25, 0.3) is 6.43 Å². The first-order valence-electron chi connectivity index (χ1n) is 10.8. The summed E-state index contributed by atoms with van der Waals surface area (Å²) in [6, 6.07) is 7.46. The Morgan fingerprint density at radius 1 is 1.19 bits per heavy atom. The molecule has 0 saturated carbocycles. The highest BCUT2D eigenvalue weighted by atomic mass is 32.2. The van der Waals surface area contributed by atoms with Crippen molar-refractivity contribution in [2.75, 3.05) is 10.7 Å². The molecule has 3 amide bonds. The van der Waals surface area contributed by atoms with Crippen LogP contribution in [0.15, 0.2) is 58.6 Å². The number of urea groups is 1. The van der Waals surface area contributed by atoms with Crippen molar-refractivity contribution in [1.29, 1.82) is 5.26 Å². The number of allylic oxidation sites excluding steroid dienone is 1. The third-order valence-electron chi connectivity index (χ3n) is 6.14. The molecule has 2 aliphatic rings. The molecular weight excluding hydrogens is 496 g/mol. The molecule has 1 heterocycles. The Morgan fingerprint density at radius 2 is 1.92 bits per heavy atom. The second-order valence-electron chi connectivity index (χ2n) is 8.12. The van der Waals surface area contributed by atoms with Crippen molar-refractivity contribution in [3.63, 3.8) is 0 Å². The van der Waals surface area contributed by atoms with E-state index in [1.807, 2.05) is 6.07 Å². The summed E-state index contributed by atoms with van der Waals surface area (Å²) in [6.45, 7) is 1.36. The van der Waals surface area contributed by atoms with Crippen LogP contribution >= 0.6 is 0 Å². The van der Waals surface area contributed by atoms with Gasteiger partial charge in [-0.1, -0.05) is 25.1 Å². The zero-order chi connectivity index (χ0) is 26.4. The highest BCUT2D eigenvalue weighted by molar-refractivity contribution is 7.91. The normalized spacial score (nSPS) is 18.0. The van der Waals surface area contributed by atoms with Crippen molar-refractivity contribution in [2.24, 2.45) is 0 Å². The van der Waals surface area contributed by atoms with Crippen LogP contribution in [0, 0.1) is 11.3 Å². The highest BCUT2D eigenvalue weighted by Crippen LogP contribution is 2.46. The molecule has 1 aliphatic carbocycles. The monoisotopic (exact) mass is 515 g/mol. The standard InChI is InChI=1S/C24H19F2N3O6S/c1-2-36(34,35)19-10-13(12-27)6-7-16(19)21-20-17(8-9-18(20)30)28(23(31)29(21)24(32)33)15-5-3-4-14(11-15)22(25)26/h3-7,10-11,21-22H,2,8-9H2,1H3,(H,32,33). The molecule has 1 unspecified atom stereocenters. The van der Waals surface area contributed by atoms with Crippen molar-refractivity contribution in [1.82, 2.24) is 4.90 Å². The van der Waals surface area contributed by atoms with Gasteiger partial charge in [0.2, 0.25) is 0 Å². The van der Waals surface area contributed by atoms with Crippen LogP contribution in [0.1, 0.15) is 48.9 Å². The van der Waals surface area contributed by atoms with Crippen LogP contribution in [0.25, 0.3) is 0 Å². The van der Waals surface area contributed by atoms with E-state index in [1.165, 1.54) is 31.2 Å². The van der Waals surface area contributed by atoms with E-state index in [4.69, 9.17) is 0 Å². The maximum absolute atomic E-state index is 13.6. The summed E-state index contributed by atoms with van der Waals surface area (Å²) in [5, 5.41) is 19.3. The minimum absolute atomic E-state index is 0.00724. The molecule has 4 rings (SSSR count). The fourth-order valence-electron chi connectivity index (χ4n) is 4.47. The first-order chi connectivity index (χ1) is 17.0. The van der Waals surface area contributed by atoms with Crippen LogP contribution in [0.4, 0.5) is 24.1 Å². The minimum atomic E-state index is -4.02. The molecule has 0 spiro atoms. The number of nitrogens with zero attached hydrogens (tertiary/aromatic N) is 3. The Labute approximate surface area is 204 Å². The maximum Gasteiger partial charge on any atom is 0.416 e. The molecule has 2 aromatic carbocycles. The van der Waals surface area contributed by atoms with Crippen LogP contribution in [-0.4, -0.2) is 42.1 Å². The van der Waals surface area contributed by atoms with E-state index in [0.29, 0.717) is 4.90 Å². The van der Waals surface area contributed by atoms with Gasteiger partial charge in [0.1, 0.15) is 6.04 Å². The van der Waals surface area contributed by atoms with Crippen LogP contribution in [-0.2, 0) is 14.6 Å². The summed E-state index contributed by atoms with van der Waals surface area (Å²) >= 11 is 0. The van der Waals surface area contributed by atoms with Crippen LogP contribution < -0.4 is 4.90 Å². The molecular formula is C24H19F2N3O6S. The molecule has 12 heteroatoms. The number of imide groups is 1. The summed E-state index contributed by atoms with van der Waals surface area (Å²) in [5.74, 6) is -0.886. The molecule has 0 fully saturated rings. The Balaban J connectivity index is 2.02. The van der Waals surface area contributed by atoms with Gasteiger partial charge in [-0.3, -0.25) is 9.69 Å². The number of benzene rings is 2. The molecule has 1 N–H and O–H groups in total. The molecule has 0 saturated heterocycles. The zero-order valence-electron chi connectivity index (χ0n) is 18.8. The number of ketones is 1. The summed E-state index contributed by atoms with van der Waals surface area (Å²) in [6.07, 6.45) is -4.68. The number of Topliss-reactive ketones (excluding diaryl/α,β-unsaturated/α-hetero) is 1. The number of hydrogen-bond acceptors (Lipinski definition) is 6. The van der Waals surface area contributed by atoms with Crippen molar-refractivity contribution in [2.45, 2.75) is 37.1 Å². The first kappa shape index (κ1) is 25.0. The van der Waals surface area contributed by atoms with E-state index in [1.54, 1.807) is 0 Å². The number of carbonyl (C=O) groups is 3. The molecule has 1 aliphatic heterocycles. The van der Waals surface area contributed by atoms with Gasteiger partial charge in [-0.05, 0) is 36.2 Å². The predicted octanol–water partition coefficient (Wildman–Crippen LogP) is 4.57. The molecule has 0 bridgehead atoms. The minimum Gasteiger partial charge on any atom is -0.465 e. The third kappa shape index (κ3) is 4.01.